The van der Waals surface area contributed by atoms with Gasteiger partial charge >= 0.3 is 5.97 Å². The van der Waals surface area contributed by atoms with E-state index in [0.29, 0.717) is 12.0 Å². The molecule has 3 nitrogen and oxygen atoms in total. The third-order valence-electron chi connectivity index (χ3n) is 3.07. The lowest BCUT2D eigenvalue weighted by Crippen LogP contribution is -2.40. The van der Waals surface area contributed by atoms with Crippen LogP contribution in [-0.4, -0.2) is 46.6 Å². The summed E-state index contributed by atoms with van der Waals surface area (Å²) in [5.74, 6) is 2.43. The Morgan fingerprint density at radius 1 is 1.67 bits per heavy atom. The minimum atomic E-state index is -0.707. The molecule has 1 aliphatic heterocycles. The van der Waals surface area contributed by atoms with Crippen molar-refractivity contribution in [1.82, 2.24) is 4.90 Å². The van der Waals surface area contributed by atoms with Gasteiger partial charge in [0.1, 0.15) is 0 Å². The number of thioether (sulfide) groups is 1. The average Bonchev–Trinajstić information content (AvgIpc) is 2.67. The van der Waals surface area contributed by atoms with Crippen molar-refractivity contribution in [1.29, 1.82) is 0 Å². The van der Waals surface area contributed by atoms with Crippen LogP contribution in [0, 0.1) is 5.92 Å². The van der Waals surface area contributed by atoms with E-state index in [4.69, 9.17) is 5.11 Å². The first-order chi connectivity index (χ1) is 7.13. The molecule has 15 heavy (non-hydrogen) atoms. The lowest BCUT2D eigenvalue weighted by molar-refractivity contribution is -0.139. The molecule has 1 heterocycles. The van der Waals surface area contributed by atoms with Gasteiger partial charge in [-0.3, -0.25) is 9.69 Å². The van der Waals surface area contributed by atoms with Crippen molar-refractivity contribution in [2.45, 2.75) is 32.7 Å². The first-order valence-corrected chi connectivity index (χ1v) is 6.82. The van der Waals surface area contributed by atoms with Gasteiger partial charge in [-0.15, -0.1) is 0 Å². The first kappa shape index (κ1) is 12.8. The number of aliphatic carboxylic acids is 1. The van der Waals surface area contributed by atoms with Crippen LogP contribution >= 0.6 is 11.8 Å². The van der Waals surface area contributed by atoms with E-state index < -0.39 is 5.97 Å². The predicted molar refractivity (Wildman–Crippen MR) is 64.4 cm³/mol. The van der Waals surface area contributed by atoms with E-state index in [-0.39, 0.29) is 6.54 Å². The maximum Gasteiger partial charge on any atom is 0.317 e. The van der Waals surface area contributed by atoms with E-state index in [1.54, 1.807) is 0 Å². The Bertz CT molecular complexity index is 205. The maximum absolute atomic E-state index is 10.8. The highest BCUT2D eigenvalue weighted by molar-refractivity contribution is 7.99. The van der Waals surface area contributed by atoms with Crippen molar-refractivity contribution in [3.05, 3.63) is 0 Å². The summed E-state index contributed by atoms with van der Waals surface area (Å²) >= 11 is 1.99. The Hall–Kier alpha value is -0.220. The molecule has 1 rings (SSSR count). The van der Waals surface area contributed by atoms with Crippen LogP contribution in [0.3, 0.4) is 0 Å². The van der Waals surface area contributed by atoms with Crippen LogP contribution in [0.1, 0.15) is 26.7 Å². The van der Waals surface area contributed by atoms with Crippen LogP contribution < -0.4 is 0 Å². The summed E-state index contributed by atoms with van der Waals surface area (Å²) in [5.41, 5.74) is 0. The molecule has 4 heteroatoms. The number of nitrogens with zero attached hydrogens (tertiary/aromatic N) is 1. The number of rotatable bonds is 6. The highest BCUT2D eigenvalue weighted by atomic mass is 32.2. The highest BCUT2D eigenvalue weighted by Crippen LogP contribution is 2.24. The number of carboxylic acids is 1. The molecule has 0 aromatic rings. The van der Waals surface area contributed by atoms with Crippen LogP contribution in [0.25, 0.3) is 0 Å². The van der Waals surface area contributed by atoms with Gasteiger partial charge in [0.2, 0.25) is 0 Å². The van der Waals surface area contributed by atoms with Crippen LogP contribution in [0.4, 0.5) is 0 Å². The van der Waals surface area contributed by atoms with E-state index >= 15 is 0 Å². The Kier molecular flexibility index (Phi) is 5.47. The molecular formula is C11H21NO2S. The van der Waals surface area contributed by atoms with Crippen LogP contribution in [0.5, 0.6) is 0 Å². The first-order valence-electron chi connectivity index (χ1n) is 5.67. The molecule has 0 amide bonds. The van der Waals surface area contributed by atoms with Crippen LogP contribution in [0.15, 0.2) is 0 Å². The molecule has 1 aliphatic rings. The minimum absolute atomic E-state index is 0.191. The number of hydrogen-bond donors (Lipinski definition) is 1. The average molecular weight is 231 g/mol. The van der Waals surface area contributed by atoms with E-state index in [0.717, 1.165) is 13.0 Å². The molecule has 1 saturated heterocycles. The topological polar surface area (TPSA) is 40.5 Å². The SMILES string of the molecule is CCC(C)N(CC(=O)O)CC1CCSC1. The van der Waals surface area contributed by atoms with Gasteiger partial charge < -0.3 is 5.11 Å². The Balaban J connectivity index is 2.43. The molecule has 0 aromatic heterocycles. The number of carboxylic acid groups (broad SMARTS) is 1. The second-order valence-electron chi connectivity index (χ2n) is 4.31. The van der Waals surface area contributed by atoms with Crippen molar-refractivity contribution in [3.8, 4) is 0 Å². The second-order valence-corrected chi connectivity index (χ2v) is 5.46. The zero-order chi connectivity index (χ0) is 11.3. The summed E-state index contributed by atoms with van der Waals surface area (Å²) in [6, 6.07) is 0.381. The molecule has 1 N–H and O–H groups in total. The van der Waals surface area contributed by atoms with Crippen LogP contribution in [-0.2, 0) is 4.79 Å². The van der Waals surface area contributed by atoms with E-state index in [9.17, 15) is 4.79 Å². The van der Waals surface area contributed by atoms with Crippen molar-refractivity contribution < 1.29 is 9.90 Å². The minimum Gasteiger partial charge on any atom is -0.480 e. The number of carbonyl (C=O) groups is 1. The summed E-state index contributed by atoms with van der Waals surface area (Å²) in [4.78, 5) is 12.9. The van der Waals surface area contributed by atoms with Gasteiger partial charge in [0.15, 0.2) is 0 Å². The van der Waals surface area contributed by atoms with Crippen molar-refractivity contribution in [2.75, 3.05) is 24.6 Å². The zero-order valence-electron chi connectivity index (χ0n) is 9.61. The monoisotopic (exact) mass is 231 g/mol. The molecule has 2 atom stereocenters. The largest absolute Gasteiger partial charge is 0.480 e. The van der Waals surface area contributed by atoms with Crippen molar-refractivity contribution >= 4 is 17.7 Å². The van der Waals surface area contributed by atoms with E-state index in [1.807, 2.05) is 11.8 Å². The van der Waals surface area contributed by atoms with E-state index in [2.05, 4.69) is 18.7 Å². The molecule has 0 aromatic carbocycles. The molecule has 0 spiro atoms. The molecule has 0 bridgehead atoms. The molecule has 0 aliphatic carbocycles. The predicted octanol–water partition coefficient (Wildman–Crippen LogP) is 1.92. The van der Waals surface area contributed by atoms with Gasteiger partial charge in [0, 0.05) is 12.6 Å². The Morgan fingerprint density at radius 3 is 2.87 bits per heavy atom. The fourth-order valence-electron chi connectivity index (χ4n) is 1.89. The molecule has 0 saturated carbocycles. The molecule has 0 radical (unpaired) electrons. The fourth-order valence-corrected chi connectivity index (χ4v) is 3.16. The van der Waals surface area contributed by atoms with Crippen LogP contribution in [0.2, 0.25) is 0 Å². The standard InChI is InChI=1S/C11H21NO2S/c1-3-9(2)12(7-11(13)14)6-10-4-5-15-8-10/h9-10H,3-8H2,1-2H3,(H,13,14). The van der Waals surface area contributed by atoms with Crippen molar-refractivity contribution in [2.24, 2.45) is 5.92 Å². The Morgan fingerprint density at radius 2 is 2.40 bits per heavy atom. The second kappa shape index (κ2) is 6.38. The zero-order valence-corrected chi connectivity index (χ0v) is 10.4. The van der Waals surface area contributed by atoms with Crippen molar-refractivity contribution in [3.63, 3.8) is 0 Å². The summed E-state index contributed by atoms with van der Waals surface area (Å²) < 4.78 is 0. The lowest BCUT2D eigenvalue weighted by Gasteiger charge is -2.28. The fraction of sp³-hybridized carbons (Fsp3) is 0.909. The molecule has 2 unspecified atom stereocenters. The highest BCUT2D eigenvalue weighted by Gasteiger charge is 2.22. The summed E-state index contributed by atoms with van der Waals surface area (Å²) in [6.07, 6.45) is 2.27. The summed E-state index contributed by atoms with van der Waals surface area (Å²) in [5, 5.41) is 8.86. The maximum atomic E-state index is 10.8. The normalized spacial score (nSPS) is 23.3. The molecular weight excluding hydrogens is 210 g/mol. The smallest absolute Gasteiger partial charge is 0.317 e. The number of hydrogen-bond acceptors (Lipinski definition) is 3. The van der Waals surface area contributed by atoms with Gasteiger partial charge in [-0.05, 0) is 37.2 Å². The third-order valence-corrected chi connectivity index (χ3v) is 4.30. The van der Waals surface area contributed by atoms with Gasteiger partial charge in [0.05, 0.1) is 6.54 Å². The quantitative estimate of drug-likeness (QED) is 0.758. The van der Waals surface area contributed by atoms with E-state index in [1.165, 1.54) is 17.9 Å². The Labute approximate surface area is 96.2 Å². The lowest BCUT2D eigenvalue weighted by atomic mass is 10.1. The molecule has 88 valence electrons. The third kappa shape index (κ3) is 4.43. The molecule has 1 fully saturated rings. The van der Waals surface area contributed by atoms with Gasteiger partial charge in [-0.1, -0.05) is 6.92 Å². The van der Waals surface area contributed by atoms with Gasteiger partial charge in [0.25, 0.3) is 0 Å². The van der Waals surface area contributed by atoms with Gasteiger partial charge in [-0.25, -0.2) is 0 Å². The van der Waals surface area contributed by atoms with Gasteiger partial charge in [-0.2, -0.15) is 11.8 Å². The summed E-state index contributed by atoms with van der Waals surface area (Å²) in [6.45, 7) is 5.37. The summed E-state index contributed by atoms with van der Waals surface area (Å²) in [7, 11) is 0.